The van der Waals surface area contributed by atoms with Gasteiger partial charge < -0.3 is 19.0 Å². The second kappa shape index (κ2) is 14.3. The Labute approximate surface area is 226 Å². The number of hydrogen-bond donors (Lipinski definition) is 1. The van der Waals surface area contributed by atoms with Crippen LogP contribution in [0.5, 0.6) is 0 Å². The van der Waals surface area contributed by atoms with E-state index < -0.39 is 0 Å². The molecule has 0 unspecified atom stereocenters. The van der Waals surface area contributed by atoms with Crippen LogP contribution in [0, 0.1) is 0 Å². The summed E-state index contributed by atoms with van der Waals surface area (Å²) in [7, 11) is 0. The molecule has 0 saturated carbocycles. The van der Waals surface area contributed by atoms with Crippen LogP contribution in [0.25, 0.3) is 22.3 Å². The van der Waals surface area contributed by atoms with Crippen molar-refractivity contribution in [3.05, 3.63) is 33.5 Å². The summed E-state index contributed by atoms with van der Waals surface area (Å²) in [5, 5.41) is 0.851. The van der Waals surface area contributed by atoms with Crippen molar-refractivity contribution in [3.8, 4) is 0 Å². The van der Waals surface area contributed by atoms with E-state index in [0.29, 0.717) is 40.9 Å². The van der Waals surface area contributed by atoms with Gasteiger partial charge >= 0.3 is 11.9 Å². The van der Waals surface area contributed by atoms with Crippen LogP contribution in [0.3, 0.4) is 0 Å². The minimum atomic E-state index is -0.377. The van der Waals surface area contributed by atoms with Crippen molar-refractivity contribution in [1.82, 2.24) is 39.5 Å². The van der Waals surface area contributed by atoms with Crippen LogP contribution in [0.4, 0.5) is 0 Å². The summed E-state index contributed by atoms with van der Waals surface area (Å²) in [6.07, 6.45) is 2.93. The first-order chi connectivity index (χ1) is 16.7. The second-order valence-electron chi connectivity index (χ2n) is 5.96. The van der Waals surface area contributed by atoms with Crippen molar-refractivity contribution in [1.29, 1.82) is 0 Å². The Kier molecular flexibility index (Phi) is 11.8. The molecule has 4 heterocycles. The molecule has 4 aromatic rings. The van der Waals surface area contributed by atoms with Crippen molar-refractivity contribution < 1.29 is 19.1 Å². The second-order valence-corrected chi connectivity index (χ2v) is 7.91. The average Bonchev–Trinajstić information content (AvgIpc) is 3.42. The average molecular weight is 631 g/mol. The van der Waals surface area contributed by atoms with Crippen molar-refractivity contribution in [2.24, 2.45) is 0 Å². The molecular formula is C18H17BrCl4N8O4. The van der Waals surface area contributed by atoms with Crippen LogP contribution in [-0.4, -0.2) is 69.9 Å². The van der Waals surface area contributed by atoms with Crippen LogP contribution >= 0.6 is 62.3 Å². The molecule has 0 fully saturated rings. The van der Waals surface area contributed by atoms with E-state index in [0.717, 1.165) is 0 Å². The van der Waals surface area contributed by atoms with Crippen molar-refractivity contribution >= 4 is 96.6 Å². The third-order valence-corrected chi connectivity index (χ3v) is 4.96. The fourth-order valence-electron chi connectivity index (χ4n) is 2.32. The molecule has 0 atom stereocenters. The van der Waals surface area contributed by atoms with E-state index in [2.05, 4.69) is 55.6 Å². The quantitative estimate of drug-likeness (QED) is 0.146. The Morgan fingerprint density at radius 2 is 1.57 bits per heavy atom. The number of fused-ring (bicyclic) bond motifs is 2. The normalized spacial score (nSPS) is 10.3. The van der Waals surface area contributed by atoms with Gasteiger partial charge in [-0.1, -0.05) is 39.1 Å². The van der Waals surface area contributed by atoms with E-state index in [9.17, 15) is 9.59 Å². The molecule has 0 aliphatic carbocycles. The monoisotopic (exact) mass is 628 g/mol. The molecule has 0 aliphatic heterocycles. The SMILES string of the molecule is CCOC(=O)CBr.CCOC(=O)Cn1cnc2c(Cl)nc(Cl)nc21.Clc1nc(Cl)c2[nH]cnc2n1. The molecule has 188 valence electrons. The summed E-state index contributed by atoms with van der Waals surface area (Å²) < 4.78 is 10.8. The number of nitrogens with one attached hydrogen (secondary N) is 1. The number of halogens is 5. The number of ether oxygens (including phenoxy) is 2. The number of imidazole rings is 2. The molecule has 0 bridgehead atoms. The topological polar surface area (TPSA) is 151 Å². The molecule has 0 amide bonds. The first-order valence-electron chi connectivity index (χ1n) is 9.63. The highest BCUT2D eigenvalue weighted by atomic mass is 79.9. The van der Waals surface area contributed by atoms with Gasteiger partial charge in [-0.25, -0.2) is 19.9 Å². The highest BCUT2D eigenvalue weighted by Crippen LogP contribution is 2.20. The van der Waals surface area contributed by atoms with Crippen LogP contribution in [0.2, 0.25) is 20.9 Å². The van der Waals surface area contributed by atoms with Gasteiger partial charge in [0.25, 0.3) is 0 Å². The van der Waals surface area contributed by atoms with Crippen molar-refractivity contribution in [3.63, 3.8) is 0 Å². The van der Waals surface area contributed by atoms with E-state index in [-0.39, 0.29) is 39.4 Å². The molecular weight excluding hydrogens is 614 g/mol. The highest BCUT2D eigenvalue weighted by molar-refractivity contribution is 9.09. The van der Waals surface area contributed by atoms with E-state index in [1.54, 1.807) is 13.8 Å². The zero-order chi connectivity index (χ0) is 26.0. The van der Waals surface area contributed by atoms with Crippen molar-refractivity contribution in [2.75, 3.05) is 18.5 Å². The van der Waals surface area contributed by atoms with Crippen LogP contribution in [0.1, 0.15) is 13.8 Å². The van der Waals surface area contributed by atoms with Gasteiger partial charge in [0.2, 0.25) is 10.6 Å². The molecule has 35 heavy (non-hydrogen) atoms. The molecule has 1 N–H and O–H groups in total. The Hall–Kier alpha value is -2.32. The van der Waals surface area contributed by atoms with Gasteiger partial charge in [0.1, 0.15) is 22.9 Å². The number of aromatic amines is 1. The van der Waals surface area contributed by atoms with Gasteiger partial charge in [-0.3, -0.25) is 9.59 Å². The Balaban J connectivity index is 0.000000206. The predicted molar refractivity (Wildman–Crippen MR) is 134 cm³/mol. The number of alkyl halides is 1. The summed E-state index contributed by atoms with van der Waals surface area (Å²) >= 11 is 25.7. The van der Waals surface area contributed by atoms with Gasteiger partial charge in [0.05, 0.1) is 25.9 Å². The Morgan fingerprint density at radius 1 is 0.943 bits per heavy atom. The summed E-state index contributed by atoms with van der Waals surface area (Å²) in [6.45, 7) is 4.31. The van der Waals surface area contributed by atoms with Crippen LogP contribution < -0.4 is 0 Å². The fraction of sp³-hybridized carbons (Fsp3) is 0.333. The van der Waals surface area contributed by atoms with Gasteiger partial charge in [-0.2, -0.15) is 9.97 Å². The molecule has 4 aromatic heterocycles. The van der Waals surface area contributed by atoms with E-state index in [1.165, 1.54) is 17.2 Å². The number of H-pyrrole nitrogens is 1. The largest absolute Gasteiger partial charge is 0.465 e. The fourth-order valence-corrected chi connectivity index (χ4v) is 3.33. The van der Waals surface area contributed by atoms with Gasteiger partial charge in [-0.05, 0) is 37.0 Å². The molecule has 0 radical (unpaired) electrons. The summed E-state index contributed by atoms with van der Waals surface area (Å²) in [5.74, 6) is -0.583. The Bertz CT molecular complexity index is 1300. The number of hydrogen-bond acceptors (Lipinski definition) is 10. The maximum absolute atomic E-state index is 11.3. The number of nitrogens with zero attached hydrogens (tertiary/aromatic N) is 7. The standard InChI is InChI=1S/C9H8Cl2N4O2.C5H2Cl2N4.C4H7BrO2/c1-2-17-5(16)3-15-4-12-6-7(10)13-9(11)14-8(6)15;6-3-2-4(9-1-8-2)11-5(7)10-3;1-2-7-4(6)3-5/h4H,2-3H2,1H3;1H,(H,8,9,10,11);2-3H2,1H3. The minimum Gasteiger partial charge on any atom is -0.465 e. The lowest BCUT2D eigenvalue weighted by Gasteiger charge is -2.03. The molecule has 12 nitrogen and oxygen atoms in total. The lowest BCUT2D eigenvalue weighted by molar-refractivity contribution is -0.143. The molecule has 0 aromatic carbocycles. The predicted octanol–water partition coefficient (Wildman–Crippen LogP) is 4.30. The first kappa shape index (κ1) is 28.9. The molecule has 0 saturated heterocycles. The minimum absolute atomic E-state index is 0.00751. The lowest BCUT2D eigenvalue weighted by atomic mass is 10.5. The molecule has 17 heteroatoms. The number of carbonyl (C=O) groups is 2. The molecule has 0 spiro atoms. The highest BCUT2D eigenvalue weighted by Gasteiger charge is 2.13. The van der Waals surface area contributed by atoms with E-state index >= 15 is 0 Å². The number of carbonyl (C=O) groups excluding carboxylic acids is 2. The number of aromatic nitrogens is 8. The summed E-state index contributed by atoms with van der Waals surface area (Å²) in [5.41, 5.74) is 1.90. The number of rotatable bonds is 5. The van der Waals surface area contributed by atoms with Crippen LogP contribution in [0.15, 0.2) is 12.7 Å². The van der Waals surface area contributed by atoms with Gasteiger partial charge in [0, 0.05) is 0 Å². The molecule has 4 rings (SSSR count). The zero-order valence-electron chi connectivity index (χ0n) is 18.1. The first-order valence-corrected chi connectivity index (χ1v) is 12.3. The van der Waals surface area contributed by atoms with Gasteiger partial charge in [0.15, 0.2) is 21.6 Å². The molecule has 0 aliphatic rings. The third kappa shape index (κ3) is 8.69. The number of esters is 2. The summed E-state index contributed by atoms with van der Waals surface area (Å²) in [4.78, 5) is 47.4. The Morgan fingerprint density at radius 3 is 2.20 bits per heavy atom. The maximum atomic E-state index is 11.3. The third-order valence-electron chi connectivity index (χ3n) is 3.63. The maximum Gasteiger partial charge on any atom is 0.326 e. The van der Waals surface area contributed by atoms with E-state index in [4.69, 9.17) is 51.1 Å². The zero-order valence-corrected chi connectivity index (χ0v) is 22.7. The van der Waals surface area contributed by atoms with Crippen LogP contribution in [-0.2, 0) is 25.6 Å². The summed E-state index contributed by atoms with van der Waals surface area (Å²) in [6, 6.07) is 0. The van der Waals surface area contributed by atoms with E-state index in [1.807, 2.05) is 0 Å². The lowest BCUT2D eigenvalue weighted by Crippen LogP contribution is -2.13. The van der Waals surface area contributed by atoms with Gasteiger partial charge in [-0.15, -0.1) is 0 Å². The van der Waals surface area contributed by atoms with Crippen molar-refractivity contribution in [2.45, 2.75) is 20.4 Å². The smallest absolute Gasteiger partial charge is 0.326 e.